The zero-order chi connectivity index (χ0) is 21.2. The van der Waals surface area contributed by atoms with Gasteiger partial charge in [-0.2, -0.15) is 5.26 Å². The Morgan fingerprint density at radius 2 is 1.87 bits per heavy atom. The molecule has 1 aromatic carbocycles. The molecule has 0 bridgehead atoms. The largest absolute Gasteiger partial charge is 0.440 e. The predicted octanol–water partition coefficient (Wildman–Crippen LogP) is 5.47. The zero-order valence-electron chi connectivity index (χ0n) is 16.8. The lowest BCUT2D eigenvalue weighted by Gasteiger charge is -2.37. The molecule has 6 heteroatoms. The van der Waals surface area contributed by atoms with Crippen LogP contribution in [0.4, 0.5) is 0 Å². The first kappa shape index (κ1) is 19.8. The summed E-state index contributed by atoms with van der Waals surface area (Å²) in [5, 5.41) is 14.0. The molecule has 0 saturated carbocycles. The zero-order valence-corrected chi connectivity index (χ0v) is 18.5. The summed E-state index contributed by atoms with van der Waals surface area (Å²) in [5.74, 6) is 0.866. The molecule has 31 heavy (non-hydrogen) atoms. The van der Waals surface area contributed by atoms with Crippen molar-refractivity contribution in [3.05, 3.63) is 109 Å². The number of nitriles is 1. The lowest BCUT2D eigenvalue weighted by Crippen LogP contribution is -2.37. The molecule has 0 amide bonds. The van der Waals surface area contributed by atoms with Gasteiger partial charge < -0.3 is 10.5 Å². The smallest absolute Gasteiger partial charge is 0.205 e. The molecule has 2 aromatic heterocycles. The maximum absolute atomic E-state index is 9.88. The lowest BCUT2D eigenvalue weighted by atomic mass is 9.83. The first-order valence-electron chi connectivity index (χ1n) is 10.1. The van der Waals surface area contributed by atoms with E-state index >= 15 is 0 Å². The Hall–Kier alpha value is -3.11. The summed E-state index contributed by atoms with van der Waals surface area (Å²) in [6.07, 6.45) is 2.17. The highest BCUT2D eigenvalue weighted by Gasteiger charge is 2.38. The predicted molar refractivity (Wildman–Crippen MR) is 126 cm³/mol. The molecule has 4 heterocycles. The summed E-state index contributed by atoms with van der Waals surface area (Å²) in [7, 11) is 0. The second-order valence-corrected chi connectivity index (χ2v) is 9.61. The Bertz CT molecular complexity index is 1200. The fourth-order valence-corrected chi connectivity index (χ4v) is 5.82. The summed E-state index contributed by atoms with van der Waals surface area (Å²) in [5.41, 5.74) is 10.1. The van der Waals surface area contributed by atoms with E-state index in [0.717, 1.165) is 47.0 Å². The summed E-state index contributed by atoms with van der Waals surface area (Å²) in [6.45, 7) is 2.36. The number of hydrogen-bond donors (Lipinski definition) is 1. The highest BCUT2D eigenvalue weighted by molar-refractivity contribution is 7.10. The fourth-order valence-electron chi connectivity index (χ4n) is 4.21. The number of nitrogens with zero attached hydrogens (tertiary/aromatic N) is 2. The highest BCUT2D eigenvalue weighted by atomic mass is 32.1. The molecule has 154 valence electrons. The van der Waals surface area contributed by atoms with E-state index in [1.54, 1.807) is 22.7 Å². The van der Waals surface area contributed by atoms with Gasteiger partial charge in [-0.05, 0) is 34.5 Å². The molecule has 0 radical (unpaired) electrons. The van der Waals surface area contributed by atoms with Crippen LogP contribution in [0.5, 0.6) is 0 Å². The van der Waals surface area contributed by atoms with Gasteiger partial charge in [-0.3, -0.25) is 4.90 Å². The number of hydrogen-bond acceptors (Lipinski definition) is 6. The lowest BCUT2D eigenvalue weighted by molar-refractivity contribution is 0.231. The van der Waals surface area contributed by atoms with E-state index < -0.39 is 0 Å². The highest BCUT2D eigenvalue weighted by Crippen LogP contribution is 2.45. The van der Waals surface area contributed by atoms with Crippen molar-refractivity contribution in [2.45, 2.75) is 12.5 Å². The number of benzene rings is 1. The van der Waals surface area contributed by atoms with Gasteiger partial charge in [0.05, 0.1) is 5.92 Å². The van der Waals surface area contributed by atoms with E-state index in [4.69, 9.17) is 10.5 Å². The van der Waals surface area contributed by atoms with Crippen LogP contribution in [0, 0.1) is 11.3 Å². The molecule has 0 fully saturated rings. The SMILES string of the molecule is N#CC1=C(N)OC2=C(CN(Cc3cccs3)CC2=Cc2ccccc2)C1c1cccs1. The standard InChI is InChI=1S/C25H21N3OS2/c26-13-20-23(22-9-5-11-31-22)21-16-28(15-19-8-4-10-30-19)14-18(24(21)29-25(20)27)12-17-6-2-1-3-7-17/h1-12,23H,14-16,27H2. The molecule has 1 atom stereocenters. The van der Waals surface area contributed by atoms with Gasteiger partial charge in [0.2, 0.25) is 5.88 Å². The third-order valence-electron chi connectivity index (χ3n) is 5.53. The first-order valence-corrected chi connectivity index (χ1v) is 11.8. The molecule has 2 aliphatic heterocycles. The van der Waals surface area contributed by atoms with Gasteiger partial charge in [0.1, 0.15) is 17.4 Å². The van der Waals surface area contributed by atoms with Crippen molar-refractivity contribution in [1.82, 2.24) is 4.90 Å². The molecule has 5 rings (SSSR count). The van der Waals surface area contributed by atoms with Gasteiger partial charge in [-0.1, -0.05) is 42.5 Å². The normalized spacial score (nSPS) is 20.5. The Balaban J connectivity index is 1.62. The average molecular weight is 444 g/mol. The minimum absolute atomic E-state index is 0.168. The topological polar surface area (TPSA) is 62.3 Å². The van der Waals surface area contributed by atoms with Crippen molar-refractivity contribution in [1.29, 1.82) is 5.26 Å². The summed E-state index contributed by atoms with van der Waals surface area (Å²) in [6, 6.07) is 20.9. The Morgan fingerprint density at radius 3 is 2.58 bits per heavy atom. The van der Waals surface area contributed by atoms with E-state index in [1.807, 2.05) is 29.6 Å². The summed E-state index contributed by atoms with van der Waals surface area (Å²) in [4.78, 5) is 4.86. The van der Waals surface area contributed by atoms with Crippen LogP contribution in [-0.2, 0) is 11.3 Å². The Morgan fingerprint density at radius 1 is 1.06 bits per heavy atom. The third kappa shape index (κ3) is 3.96. The van der Waals surface area contributed by atoms with Gasteiger partial charge in [-0.25, -0.2) is 0 Å². The monoisotopic (exact) mass is 443 g/mol. The van der Waals surface area contributed by atoms with Crippen LogP contribution >= 0.6 is 22.7 Å². The van der Waals surface area contributed by atoms with E-state index in [-0.39, 0.29) is 11.8 Å². The maximum Gasteiger partial charge on any atom is 0.205 e. The molecule has 2 N–H and O–H groups in total. The van der Waals surface area contributed by atoms with E-state index in [9.17, 15) is 5.26 Å². The number of allylic oxidation sites excluding steroid dienone is 1. The molecule has 0 spiro atoms. The van der Waals surface area contributed by atoms with E-state index in [0.29, 0.717) is 5.57 Å². The minimum Gasteiger partial charge on any atom is -0.440 e. The van der Waals surface area contributed by atoms with Crippen LogP contribution in [0.2, 0.25) is 0 Å². The van der Waals surface area contributed by atoms with Gasteiger partial charge >= 0.3 is 0 Å². The van der Waals surface area contributed by atoms with Gasteiger partial charge in [-0.15, -0.1) is 22.7 Å². The van der Waals surface area contributed by atoms with Crippen molar-refractivity contribution < 1.29 is 4.74 Å². The van der Waals surface area contributed by atoms with Gasteiger partial charge in [0, 0.05) is 40.5 Å². The van der Waals surface area contributed by atoms with Gasteiger partial charge in [0.15, 0.2) is 0 Å². The molecule has 1 unspecified atom stereocenters. The molecular weight excluding hydrogens is 422 g/mol. The van der Waals surface area contributed by atoms with Crippen molar-refractivity contribution in [2.24, 2.45) is 5.73 Å². The van der Waals surface area contributed by atoms with Crippen LogP contribution in [0.1, 0.15) is 21.2 Å². The molecule has 2 aliphatic rings. The maximum atomic E-state index is 9.88. The average Bonchev–Trinajstić information content (AvgIpc) is 3.48. The van der Waals surface area contributed by atoms with Crippen LogP contribution in [0.25, 0.3) is 6.08 Å². The molecule has 0 saturated heterocycles. The quantitative estimate of drug-likeness (QED) is 0.581. The van der Waals surface area contributed by atoms with Crippen LogP contribution in [0.3, 0.4) is 0 Å². The Kier molecular flexibility index (Phi) is 5.47. The van der Waals surface area contributed by atoms with Crippen molar-refractivity contribution >= 4 is 28.7 Å². The van der Waals surface area contributed by atoms with Crippen LogP contribution < -0.4 is 5.73 Å². The van der Waals surface area contributed by atoms with Crippen molar-refractivity contribution in [3.8, 4) is 6.07 Å². The summed E-state index contributed by atoms with van der Waals surface area (Å²) >= 11 is 3.42. The fraction of sp³-hybridized carbons (Fsp3) is 0.160. The number of ether oxygens (including phenoxy) is 1. The van der Waals surface area contributed by atoms with E-state index in [1.165, 1.54) is 4.88 Å². The first-order chi connectivity index (χ1) is 15.2. The third-order valence-corrected chi connectivity index (χ3v) is 7.33. The van der Waals surface area contributed by atoms with Crippen LogP contribution in [-0.4, -0.2) is 18.0 Å². The van der Waals surface area contributed by atoms with Crippen LogP contribution in [0.15, 0.2) is 93.7 Å². The number of thiophene rings is 2. The minimum atomic E-state index is -0.168. The van der Waals surface area contributed by atoms with Gasteiger partial charge in [0.25, 0.3) is 0 Å². The van der Waals surface area contributed by atoms with E-state index in [2.05, 4.69) is 52.8 Å². The molecule has 0 aliphatic carbocycles. The molecule has 3 aromatic rings. The molecule has 4 nitrogen and oxygen atoms in total. The summed E-state index contributed by atoms with van der Waals surface area (Å²) < 4.78 is 6.12. The Labute approximate surface area is 189 Å². The second kappa shape index (κ2) is 8.56. The number of nitrogens with two attached hydrogens (primary N) is 1. The van der Waals surface area contributed by atoms with Crippen molar-refractivity contribution in [2.75, 3.05) is 13.1 Å². The van der Waals surface area contributed by atoms with Crippen molar-refractivity contribution in [3.63, 3.8) is 0 Å². The molecular formula is C25H21N3OS2. The number of rotatable bonds is 4. The second-order valence-electron chi connectivity index (χ2n) is 7.60.